The monoisotopic (exact) mass is 165 g/mol. The van der Waals surface area contributed by atoms with Crippen LogP contribution in [0.25, 0.3) is 0 Å². The Bertz CT molecular complexity index is 250. The van der Waals surface area contributed by atoms with E-state index in [2.05, 4.69) is 9.97 Å². The molecule has 0 saturated carbocycles. The molecule has 1 heterocycles. The van der Waals surface area contributed by atoms with Gasteiger partial charge in [0.25, 0.3) is 0 Å². The molecular weight excluding hydrogens is 150 g/mol. The molecule has 66 valence electrons. The van der Waals surface area contributed by atoms with Crippen LogP contribution in [0, 0.1) is 13.8 Å². The highest BCUT2D eigenvalue weighted by Gasteiger charge is 2.06. The van der Waals surface area contributed by atoms with Crippen molar-refractivity contribution in [2.75, 3.05) is 6.54 Å². The van der Waals surface area contributed by atoms with E-state index in [4.69, 9.17) is 5.73 Å². The van der Waals surface area contributed by atoms with Crippen molar-refractivity contribution < 1.29 is 0 Å². The standard InChI is InChI=1S/C9H15N3/c1-6(5-10)9-11-7(2)4-8(3)12-9/h4,6H,5,10H2,1-3H3. The zero-order valence-corrected chi connectivity index (χ0v) is 7.83. The minimum Gasteiger partial charge on any atom is -0.330 e. The van der Waals surface area contributed by atoms with Crippen molar-refractivity contribution >= 4 is 0 Å². The summed E-state index contributed by atoms with van der Waals surface area (Å²) >= 11 is 0. The molecule has 1 aromatic heterocycles. The molecule has 0 spiro atoms. The Morgan fingerprint density at radius 1 is 1.33 bits per heavy atom. The highest BCUT2D eigenvalue weighted by atomic mass is 14.9. The third-order valence-electron chi connectivity index (χ3n) is 1.79. The van der Waals surface area contributed by atoms with E-state index in [1.807, 2.05) is 26.8 Å². The normalized spacial score (nSPS) is 13.0. The zero-order valence-electron chi connectivity index (χ0n) is 7.83. The van der Waals surface area contributed by atoms with Gasteiger partial charge in [-0.25, -0.2) is 9.97 Å². The molecule has 0 bridgehead atoms. The predicted octanol–water partition coefficient (Wildman–Crippen LogP) is 1.16. The maximum absolute atomic E-state index is 5.52. The van der Waals surface area contributed by atoms with Gasteiger partial charge in [-0.3, -0.25) is 0 Å². The van der Waals surface area contributed by atoms with E-state index >= 15 is 0 Å². The molecule has 1 unspecified atom stereocenters. The van der Waals surface area contributed by atoms with E-state index < -0.39 is 0 Å². The topological polar surface area (TPSA) is 51.8 Å². The van der Waals surface area contributed by atoms with Crippen LogP contribution >= 0.6 is 0 Å². The van der Waals surface area contributed by atoms with Crippen LogP contribution in [0.4, 0.5) is 0 Å². The van der Waals surface area contributed by atoms with Crippen LogP contribution in [0.1, 0.15) is 30.1 Å². The first-order valence-electron chi connectivity index (χ1n) is 4.15. The summed E-state index contributed by atoms with van der Waals surface area (Å²) in [5, 5.41) is 0. The summed E-state index contributed by atoms with van der Waals surface area (Å²) in [7, 11) is 0. The molecule has 0 amide bonds. The smallest absolute Gasteiger partial charge is 0.132 e. The minimum absolute atomic E-state index is 0.253. The molecule has 3 heteroatoms. The van der Waals surface area contributed by atoms with Gasteiger partial charge in [0.1, 0.15) is 5.82 Å². The van der Waals surface area contributed by atoms with Gasteiger partial charge in [0.05, 0.1) is 0 Å². The number of rotatable bonds is 2. The molecule has 0 aromatic carbocycles. The molecule has 0 fully saturated rings. The van der Waals surface area contributed by atoms with Crippen LogP contribution in [0.5, 0.6) is 0 Å². The molecule has 0 aliphatic rings. The van der Waals surface area contributed by atoms with E-state index in [0.717, 1.165) is 17.2 Å². The average molecular weight is 165 g/mol. The van der Waals surface area contributed by atoms with Crippen molar-refractivity contribution in [1.29, 1.82) is 0 Å². The number of nitrogens with two attached hydrogens (primary N) is 1. The maximum atomic E-state index is 5.52. The van der Waals surface area contributed by atoms with Gasteiger partial charge >= 0.3 is 0 Å². The molecule has 12 heavy (non-hydrogen) atoms. The van der Waals surface area contributed by atoms with Crippen LogP contribution in [0.15, 0.2) is 6.07 Å². The summed E-state index contributed by atoms with van der Waals surface area (Å²) in [6.07, 6.45) is 0. The molecule has 0 radical (unpaired) electrons. The lowest BCUT2D eigenvalue weighted by Gasteiger charge is -2.07. The first-order chi connectivity index (χ1) is 5.63. The van der Waals surface area contributed by atoms with Crippen molar-refractivity contribution in [3.63, 3.8) is 0 Å². The van der Waals surface area contributed by atoms with Gasteiger partial charge in [-0.15, -0.1) is 0 Å². The molecule has 2 N–H and O–H groups in total. The van der Waals surface area contributed by atoms with Crippen molar-refractivity contribution in [2.24, 2.45) is 5.73 Å². The lowest BCUT2D eigenvalue weighted by atomic mass is 10.1. The highest BCUT2D eigenvalue weighted by Crippen LogP contribution is 2.09. The van der Waals surface area contributed by atoms with Gasteiger partial charge in [0.2, 0.25) is 0 Å². The predicted molar refractivity (Wildman–Crippen MR) is 49.0 cm³/mol. The average Bonchev–Trinajstić information content (AvgIpc) is 2.01. The Kier molecular flexibility index (Phi) is 2.76. The van der Waals surface area contributed by atoms with Crippen molar-refractivity contribution in [2.45, 2.75) is 26.7 Å². The Morgan fingerprint density at radius 3 is 2.25 bits per heavy atom. The number of nitrogens with zero attached hydrogens (tertiary/aromatic N) is 2. The van der Waals surface area contributed by atoms with E-state index in [0.29, 0.717) is 6.54 Å². The Morgan fingerprint density at radius 2 is 1.83 bits per heavy atom. The summed E-state index contributed by atoms with van der Waals surface area (Å²) in [4.78, 5) is 8.63. The second-order valence-corrected chi connectivity index (χ2v) is 3.15. The first kappa shape index (κ1) is 9.13. The zero-order chi connectivity index (χ0) is 9.14. The fourth-order valence-electron chi connectivity index (χ4n) is 1.08. The van der Waals surface area contributed by atoms with Crippen molar-refractivity contribution in [1.82, 2.24) is 9.97 Å². The Balaban J connectivity index is 3.00. The molecule has 1 aromatic rings. The Labute approximate surface area is 73.0 Å². The minimum atomic E-state index is 0.253. The molecule has 0 saturated heterocycles. The fraction of sp³-hybridized carbons (Fsp3) is 0.556. The summed E-state index contributed by atoms with van der Waals surface area (Å²) in [5.74, 6) is 1.11. The second-order valence-electron chi connectivity index (χ2n) is 3.15. The van der Waals surface area contributed by atoms with Crippen LogP contribution < -0.4 is 5.73 Å². The van der Waals surface area contributed by atoms with E-state index in [9.17, 15) is 0 Å². The SMILES string of the molecule is Cc1cc(C)nc(C(C)CN)n1. The summed E-state index contributed by atoms with van der Waals surface area (Å²) < 4.78 is 0. The molecule has 1 rings (SSSR count). The van der Waals surface area contributed by atoms with Gasteiger partial charge in [0.15, 0.2) is 0 Å². The van der Waals surface area contributed by atoms with Gasteiger partial charge in [-0.2, -0.15) is 0 Å². The Hall–Kier alpha value is -0.960. The molecule has 3 nitrogen and oxygen atoms in total. The van der Waals surface area contributed by atoms with Crippen molar-refractivity contribution in [3.8, 4) is 0 Å². The molecular formula is C9H15N3. The number of aromatic nitrogens is 2. The third-order valence-corrected chi connectivity index (χ3v) is 1.79. The summed E-state index contributed by atoms with van der Waals surface area (Å²) in [6.45, 7) is 6.58. The maximum Gasteiger partial charge on any atom is 0.132 e. The van der Waals surface area contributed by atoms with Crippen molar-refractivity contribution in [3.05, 3.63) is 23.3 Å². The number of hydrogen-bond donors (Lipinski definition) is 1. The van der Waals surface area contributed by atoms with Gasteiger partial charge in [-0.1, -0.05) is 6.92 Å². The molecule has 1 atom stereocenters. The lowest BCUT2D eigenvalue weighted by molar-refractivity contribution is 0.702. The fourth-order valence-corrected chi connectivity index (χ4v) is 1.08. The van der Waals surface area contributed by atoms with Crippen LogP contribution in [-0.2, 0) is 0 Å². The molecule has 0 aliphatic heterocycles. The number of aryl methyl sites for hydroxylation is 2. The second kappa shape index (κ2) is 3.63. The highest BCUT2D eigenvalue weighted by molar-refractivity contribution is 5.10. The molecule has 0 aliphatic carbocycles. The van der Waals surface area contributed by atoms with Gasteiger partial charge < -0.3 is 5.73 Å². The van der Waals surface area contributed by atoms with Gasteiger partial charge in [0, 0.05) is 23.9 Å². The van der Waals surface area contributed by atoms with Crippen LogP contribution in [-0.4, -0.2) is 16.5 Å². The largest absolute Gasteiger partial charge is 0.330 e. The van der Waals surface area contributed by atoms with Gasteiger partial charge in [-0.05, 0) is 19.9 Å². The van der Waals surface area contributed by atoms with Crippen LogP contribution in [0.2, 0.25) is 0 Å². The van der Waals surface area contributed by atoms with E-state index in [-0.39, 0.29) is 5.92 Å². The lowest BCUT2D eigenvalue weighted by Crippen LogP contribution is -2.13. The number of hydrogen-bond acceptors (Lipinski definition) is 3. The van der Waals surface area contributed by atoms with E-state index in [1.165, 1.54) is 0 Å². The summed E-state index contributed by atoms with van der Waals surface area (Å²) in [5.41, 5.74) is 7.55. The summed E-state index contributed by atoms with van der Waals surface area (Å²) in [6, 6.07) is 1.97. The quantitative estimate of drug-likeness (QED) is 0.715. The van der Waals surface area contributed by atoms with Crippen LogP contribution in [0.3, 0.4) is 0 Å². The van der Waals surface area contributed by atoms with E-state index in [1.54, 1.807) is 0 Å². The first-order valence-corrected chi connectivity index (χ1v) is 4.15. The third kappa shape index (κ3) is 2.01.